The van der Waals surface area contributed by atoms with E-state index in [1.807, 2.05) is 6.92 Å². The Hall–Kier alpha value is -4.02. The smallest absolute Gasteiger partial charge is 0.335 e. The molecule has 0 aliphatic heterocycles. The number of aromatic amines is 1. The van der Waals surface area contributed by atoms with Gasteiger partial charge in [-0.3, -0.25) is 14.7 Å². The lowest BCUT2D eigenvalue weighted by Crippen LogP contribution is -2.50. The second-order valence-electron chi connectivity index (χ2n) is 10.1. The lowest BCUT2D eigenvalue weighted by molar-refractivity contribution is -0.158. The van der Waals surface area contributed by atoms with Crippen LogP contribution < -0.4 is 10.6 Å². The van der Waals surface area contributed by atoms with E-state index in [2.05, 4.69) is 30.8 Å². The fourth-order valence-electron chi connectivity index (χ4n) is 5.51. The Morgan fingerprint density at radius 1 is 1.03 bits per heavy atom. The van der Waals surface area contributed by atoms with Crippen LogP contribution in [0.1, 0.15) is 77.9 Å². The van der Waals surface area contributed by atoms with Crippen LogP contribution in [0.5, 0.6) is 0 Å². The third-order valence-corrected chi connectivity index (χ3v) is 8.06. The van der Waals surface area contributed by atoms with E-state index < -0.39 is 17.4 Å². The van der Waals surface area contributed by atoms with Gasteiger partial charge in [0.2, 0.25) is 0 Å². The zero-order valence-electron chi connectivity index (χ0n) is 19.9. The number of nitrogens with zero attached hydrogens (tertiary/aromatic N) is 3. The number of H-pyrrole nitrogens is 1. The van der Waals surface area contributed by atoms with Gasteiger partial charge >= 0.3 is 11.9 Å². The van der Waals surface area contributed by atoms with Gasteiger partial charge in [0.25, 0.3) is 5.91 Å². The van der Waals surface area contributed by atoms with Crippen molar-refractivity contribution >= 4 is 34.7 Å². The van der Waals surface area contributed by atoms with Gasteiger partial charge in [0, 0.05) is 6.54 Å². The second-order valence-corrected chi connectivity index (χ2v) is 10.1. The first-order valence-corrected chi connectivity index (χ1v) is 12.0. The molecule has 2 bridgehead atoms. The number of carbonyl (C=O) groups is 3. The molecule has 36 heavy (non-hydrogen) atoms. The highest BCUT2D eigenvalue weighted by Gasteiger charge is 2.52. The molecule has 6 rings (SSSR count). The van der Waals surface area contributed by atoms with Crippen LogP contribution in [0.3, 0.4) is 0 Å². The molecule has 3 saturated carbocycles. The van der Waals surface area contributed by atoms with Gasteiger partial charge in [-0.15, -0.1) is 0 Å². The summed E-state index contributed by atoms with van der Waals surface area (Å²) in [6, 6.07) is 6.37. The van der Waals surface area contributed by atoms with Crippen LogP contribution in [0.15, 0.2) is 30.6 Å². The minimum atomic E-state index is -0.983. The van der Waals surface area contributed by atoms with E-state index >= 15 is 0 Å². The number of nitrogens with one attached hydrogen (secondary N) is 3. The van der Waals surface area contributed by atoms with Gasteiger partial charge in [-0.1, -0.05) is 12.1 Å². The Morgan fingerprint density at radius 3 is 2.31 bits per heavy atom. The molecule has 2 aromatic heterocycles. The molecule has 5 N–H and O–H groups in total. The summed E-state index contributed by atoms with van der Waals surface area (Å²) in [6.07, 6.45) is 5.67. The number of hydrogen-bond acceptors (Lipinski definition) is 7. The molecular formula is C25H28N6O5. The average molecular weight is 493 g/mol. The van der Waals surface area contributed by atoms with Crippen molar-refractivity contribution in [3.8, 4) is 0 Å². The largest absolute Gasteiger partial charge is 0.481 e. The van der Waals surface area contributed by atoms with E-state index in [4.69, 9.17) is 5.11 Å². The molecule has 0 saturated heterocycles. The summed E-state index contributed by atoms with van der Waals surface area (Å²) in [4.78, 5) is 44.3. The highest BCUT2D eigenvalue weighted by molar-refractivity contribution is 6.04. The Balaban J connectivity index is 1.27. The van der Waals surface area contributed by atoms with Crippen LogP contribution >= 0.6 is 0 Å². The summed E-state index contributed by atoms with van der Waals surface area (Å²) in [7, 11) is 0. The van der Waals surface area contributed by atoms with E-state index in [1.165, 1.54) is 6.33 Å². The van der Waals surface area contributed by atoms with Gasteiger partial charge in [-0.05, 0) is 68.6 Å². The highest BCUT2D eigenvalue weighted by Crippen LogP contribution is 2.56. The molecule has 0 spiro atoms. The molecule has 0 radical (unpaired) electrons. The molecule has 11 heteroatoms. The summed E-state index contributed by atoms with van der Waals surface area (Å²) in [5.41, 5.74) is 1.52. The van der Waals surface area contributed by atoms with Crippen LogP contribution in [0.4, 0.5) is 5.82 Å². The molecular weight excluding hydrogens is 464 g/mol. The van der Waals surface area contributed by atoms with Crippen LogP contribution in [-0.4, -0.2) is 54.8 Å². The van der Waals surface area contributed by atoms with Crippen molar-refractivity contribution < 1.29 is 24.6 Å². The van der Waals surface area contributed by atoms with Crippen LogP contribution in [-0.2, 0) is 4.79 Å². The Labute approximate surface area is 206 Å². The standard InChI is InChI=1S/C25H28N6O5/c1-14(15-2-4-16(5-3-15)22(33)34)29-20-18-17(30-31-20)19(28-13-27-18)21(32)26-12-24-6-9-25(10-7-24,11-8-24)23(35)36/h2-5,13-14H,6-12H2,1H3,(H,26,32)(H,33,34)(H,35,36)(H2,29,30,31). The zero-order chi connectivity index (χ0) is 25.5. The number of hydrogen-bond donors (Lipinski definition) is 5. The number of benzene rings is 1. The fourth-order valence-corrected chi connectivity index (χ4v) is 5.51. The number of carboxylic acid groups (broad SMARTS) is 2. The maximum Gasteiger partial charge on any atom is 0.335 e. The molecule has 188 valence electrons. The molecule has 11 nitrogen and oxygen atoms in total. The third-order valence-electron chi connectivity index (χ3n) is 8.06. The SMILES string of the molecule is CC(Nc1n[nH]c2c(C(=O)NCC34CCC(C(=O)O)(CC3)CC4)ncnc12)c1ccc(C(=O)O)cc1. The molecule has 1 amide bonds. The van der Waals surface area contributed by atoms with Crippen molar-refractivity contribution in [1.82, 2.24) is 25.5 Å². The van der Waals surface area contributed by atoms with Gasteiger partial charge in [0.15, 0.2) is 11.5 Å². The average Bonchev–Trinajstić information content (AvgIpc) is 3.31. The number of anilines is 1. The second kappa shape index (κ2) is 8.89. The van der Waals surface area contributed by atoms with E-state index in [-0.39, 0.29) is 28.6 Å². The molecule has 3 fully saturated rings. The normalized spacial score (nSPS) is 23.8. The van der Waals surface area contributed by atoms with E-state index in [1.54, 1.807) is 24.3 Å². The first-order chi connectivity index (χ1) is 17.2. The first-order valence-electron chi connectivity index (χ1n) is 12.0. The summed E-state index contributed by atoms with van der Waals surface area (Å²) in [6.45, 7) is 2.40. The van der Waals surface area contributed by atoms with Gasteiger partial charge in [0.1, 0.15) is 17.4 Å². The van der Waals surface area contributed by atoms with E-state index in [0.29, 0.717) is 42.7 Å². The lowest BCUT2D eigenvalue weighted by Gasteiger charge is -2.51. The molecule has 1 unspecified atom stereocenters. The molecule has 1 atom stereocenters. The van der Waals surface area contributed by atoms with Crippen LogP contribution in [0, 0.1) is 10.8 Å². The van der Waals surface area contributed by atoms with Crippen molar-refractivity contribution in [2.75, 3.05) is 11.9 Å². The van der Waals surface area contributed by atoms with Crippen molar-refractivity contribution in [2.45, 2.75) is 51.5 Å². The molecule has 1 aromatic carbocycles. The van der Waals surface area contributed by atoms with E-state index in [0.717, 1.165) is 24.8 Å². The predicted octanol–water partition coefficient (Wildman–Crippen LogP) is 3.38. The topological polar surface area (TPSA) is 170 Å². The number of aromatic nitrogens is 4. The highest BCUT2D eigenvalue weighted by atomic mass is 16.4. The molecule has 2 heterocycles. The number of carboxylic acids is 2. The number of carbonyl (C=O) groups excluding carboxylic acids is 1. The van der Waals surface area contributed by atoms with Gasteiger partial charge < -0.3 is 20.8 Å². The number of aromatic carboxylic acids is 1. The Morgan fingerprint density at radius 2 is 1.69 bits per heavy atom. The minimum absolute atomic E-state index is 0.0642. The van der Waals surface area contributed by atoms with Gasteiger partial charge in [-0.2, -0.15) is 5.10 Å². The van der Waals surface area contributed by atoms with Gasteiger partial charge in [-0.25, -0.2) is 14.8 Å². The van der Waals surface area contributed by atoms with Crippen molar-refractivity contribution in [3.63, 3.8) is 0 Å². The zero-order valence-corrected chi connectivity index (χ0v) is 19.9. The van der Waals surface area contributed by atoms with Crippen molar-refractivity contribution in [2.24, 2.45) is 10.8 Å². The van der Waals surface area contributed by atoms with Gasteiger partial charge in [0.05, 0.1) is 17.0 Å². The van der Waals surface area contributed by atoms with Crippen LogP contribution in [0.2, 0.25) is 0 Å². The summed E-state index contributed by atoms with van der Waals surface area (Å²) in [5.74, 6) is -1.55. The Bertz CT molecular complexity index is 1310. The number of fused-ring (bicyclic) bond motifs is 4. The maximum absolute atomic E-state index is 13.1. The van der Waals surface area contributed by atoms with E-state index in [9.17, 15) is 19.5 Å². The summed E-state index contributed by atoms with van der Waals surface area (Å²) in [5, 5.41) is 32.1. The number of aliphatic carboxylic acids is 1. The fraction of sp³-hybridized carbons (Fsp3) is 0.440. The molecule has 3 aromatic rings. The summed E-state index contributed by atoms with van der Waals surface area (Å²) >= 11 is 0. The molecule has 3 aliphatic carbocycles. The summed E-state index contributed by atoms with van der Waals surface area (Å²) < 4.78 is 0. The minimum Gasteiger partial charge on any atom is -0.481 e. The van der Waals surface area contributed by atoms with Crippen molar-refractivity contribution in [1.29, 1.82) is 0 Å². The Kier molecular flexibility index (Phi) is 5.85. The monoisotopic (exact) mass is 492 g/mol. The van der Waals surface area contributed by atoms with Crippen molar-refractivity contribution in [3.05, 3.63) is 47.4 Å². The predicted molar refractivity (Wildman–Crippen MR) is 130 cm³/mol. The number of rotatable bonds is 8. The maximum atomic E-state index is 13.1. The van der Waals surface area contributed by atoms with Crippen LogP contribution in [0.25, 0.3) is 11.0 Å². The lowest BCUT2D eigenvalue weighted by atomic mass is 9.53. The first kappa shape index (κ1) is 23.7. The third kappa shape index (κ3) is 4.14. The number of amides is 1. The molecule has 3 aliphatic rings. The quantitative estimate of drug-likeness (QED) is 0.316.